The van der Waals surface area contributed by atoms with Gasteiger partial charge in [-0.25, -0.2) is 4.79 Å². The maximum atomic E-state index is 11.3. The Labute approximate surface area is 113 Å². The van der Waals surface area contributed by atoms with Crippen LogP contribution in [0.2, 0.25) is 0 Å². The Bertz CT molecular complexity index is 231. The van der Waals surface area contributed by atoms with Gasteiger partial charge in [0, 0.05) is 5.57 Å². The normalized spacial score (nSPS) is 11.6. The zero-order valence-corrected chi connectivity index (χ0v) is 12.5. The van der Waals surface area contributed by atoms with Crippen LogP contribution in [0.4, 0.5) is 0 Å². The van der Waals surface area contributed by atoms with Gasteiger partial charge in [-0.2, -0.15) is 0 Å². The van der Waals surface area contributed by atoms with Crippen LogP contribution in [-0.4, -0.2) is 12.6 Å². The molecule has 0 aliphatic heterocycles. The predicted octanol–water partition coefficient (Wildman–Crippen LogP) is 5.03. The van der Waals surface area contributed by atoms with Crippen molar-refractivity contribution in [2.75, 3.05) is 6.61 Å². The average molecular weight is 254 g/mol. The molecule has 0 heterocycles. The van der Waals surface area contributed by atoms with Gasteiger partial charge >= 0.3 is 5.97 Å². The van der Waals surface area contributed by atoms with Crippen LogP contribution in [0, 0.1) is 0 Å². The molecule has 0 bridgehead atoms. The monoisotopic (exact) mass is 254 g/mol. The molecule has 0 radical (unpaired) electrons. The van der Waals surface area contributed by atoms with Crippen LogP contribution in [0.15, 0.2) is 11.6 Å². The molecule has 2 nitrogen and oxygen atoms in total. The fourth-order valence-electron chi connectivity index (χ4n) is 1.93. The summed E-state index contributed by atoms with van der Waals surface area (Å²) in [5.41, 5.74) is 0.750. The van der Waals surface area contributed by atoms with E-state index in [0.717, 1.165) is 12.0 Å². The predicted molar refractivity (Wildman–Crippen MR) is 77.6 cm³/mol. The lowest BCUT2D eigenvalue weighted by molar-refractivity contribution is -0.138. The Hall–Kier alpha value is -0.790. The zero-order valence-electron chi connectivity index (χ0n) is 12.5. The first-order valence-corrected chi connectivity index (χ1v) is 7.56. The van der Waals surface area contributed by atoms with E-state index in [1.165, 1.54) is 51.4 Å². The maximum Gasteiger partial charge on any atom is 0.333 e. The second-order valence-electron chi connectivity index (χ2n) is 4.87. The number of esters is 1. The molecule has 0 aliphatic carbocycles. The van der Waals surface area contributed by atoms with Gasteiger partial charge in [0.1, 0.15) is 0 Å². The first kappa shape index (κ1) is 17.2. The lowest BCUT2D eigenvalue weighted by atomic mass is 10.1. The average Bonchev–Trinajstić information content (AvgIpc) is 2.36. The summed E-state index contributed by atoms with van der Waals surface area (Å²) in [6.07, 6.45) is 13.6. The van der Waals surface area contributed by atoms with Crippen LogP contribution in [0.25, 0.3) is 0 Å². The van der Waals surface area contributed by atoms with Gasteiger partial charge < -0.3 is 4.74 Å². The van der Waals surface area contributed by atoms with E-state index in [-0.39, 0.29) is 5.97 Å². The summed E-state index contributed by atoms with van der Waals surface area (Å²) in [6, 6.07) is 0. The summed E-state index contributed by atoms with van der Waals surface area (Å²) in [5, 5.41) is 0. The Morgan fingerprint density at radius 3 is 2.06 bits per heavy atom. The van der Waals surface area contributed by atoms with Crippen molar-refractivity contribution in [3.05, 3.63) is 11.6 Å². The highest BCUT2D eigenvalue weighted by molar-refractivity contribution is 5.87. The second-order valence-corrected chi connectivity index (χ2v) is 4.87. The molecule has 2 heteroatoms. The van der Waals surface area contributed by atoms with E-state index in [4.69, 9.17) is 4.74 Å². The number of hydrogen-bond acceptors (Lipinski definition) is 2. The summed E-state index contributed by atoms with van der Waals surface area (Å²) < 4.78 is 4.93. The molecule has 0 fully saturated rings. The number of unbranched alkanes of at least 4 members (excludes halogenated alkanes) is 8. The van der Waals surface area contributed by atoms with E-state index < -0.39 is 0 Å². The molecule has 0 rings (SSSR count). The summed E-state index contributed by atoms with van der Waals surface area (Å²) in [4.78, 5) is 11.3. The third-order valence-electron chi connectivity index (χ3n) is 3.11. The number of ether oxygens (including phenoxy) is 1. The number of carbonyl (C=O) groups is 1. The van der Waals surface area contributed by atoms with Crippen LogP contribution in [0.5, 0.6) is 0 Å². The van der Waals surface area contributed by atoms with Gasteiger partial charge in [-0.15, -0.1) is 0 Å². The topological polar surface area (TPSA) is 26.3 Å². The van der Waals surface area contributed by atoms with Crippen molar-refractivity contribution in [3.8, 4) is 0 Å². The highest BCUT2D eigenvalue weighted by Gasteiger charge is 2.02. The van der Waals surface area contributed by atoms with Crippen LogP contribution >= 0.6 is 0 Å². The van der Waals surface area contributed by atoms with Gasteiger partial charge in [0.05, 0.1) is 6.61 Å². The Kier molecular flexibility index (Phi) is 12.1. The molecule has 0 atom stereocenters. The molecule has 0 saturated carbocycles. The molecule has 0 amide bonds. The maximum absolute atomic E-state index is 11.3. The van der Waals surface area contributed by atoms with Crippen molar-refractivity contribution < 1.29 is 9.53 Å². The van der Waals surface area contributed by atoms with Gasteiger partial charge in [0.25, 0.3) is 0 Å². The molecule has 0 unspecified atom stereocenters. The fourth-order valence-corrected chi connectivity index (χ4v) is 1.93. The van der Waals surface area contributed by atoms with E-state index >= 15 is 0 Å². The van der Waals surface area contributed by atoms with Gasteiger partial charge in [-0.1, -0.05) is 57.9 Å². The number of allylic oxidation sites excluding steroid dienone is 1. The highest BCUT2D eigenvalue weighted by Crippen LogP contribution is 2.10. The second kappa shape index (κ2) is 12.7. The van der Waals surface area contributed by atoms with Crippen LogP contribution in [-0.2, 0) is 9.53 Å². The largest absolute Gasteiger partial charge is 0.463 e. The number of carbonyl (C=O) groups excluding carboxylic acids is 1. The van der Waals surface area contributed by atoms with E-state index in [0.29, 0.717) is 6.61 Å². The van der Waals surface area contributed by atoms with Gasteiger partial charge in [0.2, 0.25) is 0 Å². The molecule has 0 N–H and O–H groups in total. The lowest BCUT2D eigenvalue weighted by Crippen LogP contribution is -2.04. The number of hydrogen-bond donors (Lipinski definition) is 0. The molecule has 18 heavy (non-hydrogen) atoms. The van der Waals surface area contributed by atoms with Crippen molar-refractivity contribution in [3.63, 3.8) is 0 Å². The van der Waals surface area contributed by atoms with Gasteiger partial charge in [-0.3, -0.25) is 0 Å². The minimum Gasteiger partial charge on any atom is -0.463 e. The van der Waals surface area contributed by atoms with Crippen molar-refractivity contribution in [2.24, 2.45) is 0 Å². The lowest BCUT2D eigenvalue weighted by Gasteiger charge is -2.02. The molecule has 0 saturated heterocycles. The Balaban J connectivity index is 3.38. The van der Waals surface area contributed by atoms with Crippen molar-refractivity contribution in [1.29, 1.82) is 0 Å². The van der Waals surface area contributed by atoms with E-state index in [1.54, 1.807) is 0 Å². The minimum absolute atomic E-state index is 0.169. The van der Waals surface area contributed by atoms with Crippen molar-refractivity contribution >= 4 is 5.97 Å². The Morgan fingerprint density at radius 2 is 1.50 bits per heavy atom. The molecular formula is C16H30O2. The number of rotatable bonds is 11. The first-order chi connectivity index (χ1) is 8.72. The third kappa shape index (κ3) is 10.4. The summed E-state index contributed by atoms with van der Waals surface area (Å²) in [6.45, 7) is 6.38. The standard InChI is InChI=1S/C16H30O2/c1-4-6-7-8-9-10-11-12-13-14-15(3)16(17)18-5-2/h14H,4-13H2,1-3H3. The fraction of sp³-hybridized carbons (Fsp3) is 0.812. The summed E-state index contributed by atoms with van der Waals surface area (Å²) in [5.74, 6) is -0.169. The van der Waals surface area contributed by atoms with Gasteiger partial charge in [-0.05, 0) is 26.7 Å². The van der Waals surface area contributed by atoms with E-state index in [9.17, 15) is 4.79 Å². The van der Waals surface area contributed by atoms with Gasteiger partial charge in [0.15, 0.2) is 0 Å². The molecule has 0 aromatic carbocycles. The smallest absolute Gasteiger partial charge is 0.333 e. The molecule has 0 aromatic heterocycles. The molecule has 0 aromatic rings. The third-order valence-corrected chi connectivity index (χ3v) is 3.11. The molecule has 0 aliphatic rings. The van der Waals surface area contributed by atoms with E-state index in [1.807, 2.05) is 19.9 Å². The van der Waals surface area contributed by atoms with Crippen LogP contribution in [0.1, 0.15) is 78.6 Å². The summed E-state index contributed by atoms with van der Waals surface area (Å²) >= 11 is 0. The molecule has 106 valence electrons. The van der Waals surface area contributed by atoms with Crippen molar-refractivity contribution in [2.45, 2.75) is 78.6 Å². The highest BCUT2D eigenvalue weighted by atomic mass is 16.5. The van der Waals surface area contributed by atoms with Crippen LogP contribution in [0.3, 0.4) is 0 Å². The molecule has 0 spiro atoms. The molecular weight excluding hydrogens is 224 g/mol. The Morgan fingerprint density at radius 1 is 0.944 bits per heavy atom. The van der Waals surface area contributed by atoms with Crippen LogP contribution < -0.4 is 0 Å². The van der Waals surface area contributed by atoms with E-state index in [2.05, 4.69) is 6.92 Å². The SMILES string of the molecule is CCCCCCCCCCC=C(C)C(=O)OCC. The summed E-state index contributed by atoms with van der Waals surface area (Å²) in [7, 11) is 0. The quantitative estimate of drug-likeness (QED) is 0.294. The minimum atomic E-state index is -0.169. The van der Waals surface area contributed by atoms with Crippen molar-refractivity contribution in [1.82, 2.24) is 0 Å². The first-order valence-electron chi connectivity index (χ1n) is 7.56. The zero-order chi connectivity index (χ0) is 13.6.